The van der Waals surface area contributed by atoms with E-state index in [1.54, 1.807) is 58.5 Å². The standard InChI is InChI=1S/C24H43N5O7/c1-23(2,3)35-20(31)15-29(16-21(32)36-24(4,5)6)19(30)14-28-12-11-27-18(28)13-26-10-8-7-9-17(25)22(33)34/h11-12,17,19,26,30H,7-10,13-16,25H2,1-6H3,(H,33,34)/t17-,19?/m0/s1. The number of aliphatic hydroxyl groups is 1. The fraction of sp³-hybridized carbons (Fsp3) is 0.750. The molecule has 2 atom stereocenters. The van der Waals surface area contributed by atoms with Crippen LogP contribution in [0.1, 0.15) is 66.6 Å². The lowest BCUT2D eigenvalue weighted by Gasteiger charge is -2.29. The molecule has 1 aromatic rings. The summed E-state index contributed by atoms with van der Waals surface area (Å²) in [6.45, 7) is 11.0. The van der Waals surface area contributed by atoms with Crippen LogP contribution in [0.2, 0.25) is 0 Å². The minimum absolute atomic E-state index is 0.0655. The number of hydrogen-bond acceptors (Lipinski definition) is 10. The second-order valence-electron chi connectivity index (χ2n) is 10.7. The summed E-state index contributed by atoms with van der Waals surface area (Å²) >= 11 is 0. The van der Waals surface area contributed by atoms with Crippen molar-refractivity contribution in [2.24, 2.45) is 5.73 Å². The first-order valence-corrected chi connectivity index (χ1v) is 12.1. The van der Waals surface area contributed by atoms with E-state index < -0.39 is 41.4 Å². The zero-order valence-corrected chi connectivity index (χ0v) is 22.3. The Kier molecular flexibility index (Phi) is 12.5. The van der Waals surface area contributed by atoms with Crippen LogP contribution in [0.5, 0.6) is 0 Å². The van der Waals surface area contributed by atoms with Crippen LogP contribution in [0.4, 0.5) is 0 Å². The molecule has 0 aliphatic heterocycles. The maximum atomic E-state index is 12.4. The monoisotopic (exact) mass is 513 g/mol. The Morgan fingerprint density at radius 1 is 1.08 bits per heavy atom. The molecule has 0 bridgehead atoms. The number of esters is 2. The second-order valence-corrected chi connectivity index (χ2v) is 10.7. The first-order chi connectivity index (χ1) is 16.6. The normalized spacial score (nSPS) is 13.9. The van der Waals surface area contributed by atoms with Gasteiger partial charge in [-0.15, -0.1) is 0 Å². The molecule has 0 aliphatic carbocycles. The number of ether oxygens (including phenoxy) is 2. The molecule has 1 aromatic heterocycles. The number of nitrogens with zero attached hydrogens (tertiary/aromatic N) is 3. The van der Waals surface area contributed by atoms with Crippen molar-refractivity contribution < 1.29 is 34.1 Å². The van der Waals surface area contributed by atoms with Crippen molar-refractivity contribution in [3.8, 4) is 0 Å². The average Bonchev–Trinajstić information content (AvgIpc) is 3.13. The molecule has 12 nitrogen and oxygen atoms in total. The average molecular weight is 514 g/mol. The van der Waals surface area contributed by atoms with Crippen molar-refractivity contribution >= 4 is 17.9 Å². The molecule has 0 saturated carbocycles. The third-order valence-electron chi connectivity index (χ3n) is 4.81. The number of unbranched alkanes of at least 4 members (excludes halogenated alkanes) is 1. The van der Waals surface area contributed by atoms with Crippen molar-refractivity contribution in [2.45, 2.75) is 97.4 Å². The zero-order chi connectivity index (χ0) is 27.5. The van der Waals surface area contributed by atoms with Gasteiger partial charge in [0.15, 0.2) is 0 Å². The Morgan fingerprint density at radius 3 is 2.14 bits per heavy atom. The number of carbonyl (C=O) groups excluding carboxylic acids is 2. The number of carbonyl (C=O) groups is 3. The van der Waals surface area contributed by atoms with E-state index in [1.807, 2.05) is 0 Å². The Bertz CT molecular complexity index is 815. The minimum Gasteiger partial charge on any atom is -0.480 e. The van der Waals surface area contributed by atoms with E-state index in [2.05, 4.69) is 10.3 Å². The number of rotatable bonds is 15. The fourth-order valence-corrected chi connectivity index (χ4v) is 3.25. The highest BCUT2D eigenvalue weighted by Gasteiger charge is 2.28. The maximum Gasteiger partial charge on any atom is 0.320 e. The van der Waals surface area contributed by atoms with Gasteiger partial charge in [0, 0.05) is 12.4 Å². The minimum atomic E-state index is -1.18. The Labute approximate surface area is 213 Å². The number of carboxylic acid groups (broad SMARTS) is 1. The van der Waals surface area contributed by atoms with Crippen molar-refractivity contribution in [1.29, 1.82) is 0 Å². The number of aliphatic carboxylic acids is 1. The van der Waals surface area contributed by atoms with Crippen LogP contribution >= 0.6 is 0 Å². The van der Waals surface area contributed by atoms with Gasteiger partial charge in [0.2, 0.25) is 0 Å². The van der Waals surface area contributed by atoms with Gasteiger partial charge in [0.05, 0.1) is 26.2 Å². The number of imidazole rings is 1. The summed E-state index contributed by atoms with van der Waals surface area (Å²) in [6.07, 6.45) is 3.95. The van der Waals surface area contributed by atoms with Crippen LogP contribution < -0.4 is 11.1 Å². The van der Waals surface area contributed by atoms with Gasteiger partial charge in [-0.3, -0.25) is 19.3 Å². The first kappa shape index (κ1) is 31.5. The first-order valence-electron chi connectivity index (χ1n) is 12.1. The van der Waals surface area contributed by atoms with E-state index >= 15 is 0 Å². The Hall–Kier alpha value is -2.54. The van der Waals surface area contributed by atoms with Crippen LogP contribution in [0, 0.1) is 0 Å². The number of aliphatic hydroxyl groups excluding tert-OH is 1. The summed E-state index contributed by atoms with van der Waals surface area (Å²) in [5.41, 5.74) is 4.09. The number of carboxylic acids is 1. The molecule has 1 rings (SSSR count). The molecule has 206 valence electrons. The molecule has 0 fully saturated rings. The summed E-state index contributed by atoms with van der Waals surface area (Å²) in [7, 11) is 0. The summed E-state index contributed by atoms with van der Waals surface area (Å²) in [6, 6.07) is -0.852. The van der Waals surface area contributed by atoms with E-state index in [9.17, 15) is 19.5 Å². The molecule has 1 unspecified atom stereocenters. The molecular formula is C24H43N5O7. The Morgan fingerprint density at radius 2 is 1.64 bits per heavy atom. The number of nitrogens with two attached hydrogens (primary N) is 1. The summed E-state index contributed by atoms with van der Waals surface area (Å²) in [5, 5.41) is 23.0. The highest BCUT2D eigenvalue weighted by molar-refractivity contribution is 5.75. The second kappa shape index (κ2) is 14.3. The van der Waals surface area contributed by atoms with Gasteiger partial charge in [-0.1, -0.05) is 6.42 Å². The van der Waals surface area contributed by atoms with Crippen LogP contribution in [0.3, 0.4) is 0 Å². The highest BCUT2D eigenvalue weighted by atomic mass is 16.6. The van der Waals surface area contributed by atoms with Gasteiger partial charge in [0.25, 0.3) is 0 Å². The van der Waals surface area contributed by atoms with E-state index in [-0.39, 0.29) is 19.6 Å². The van der Waals surface area contributed by atoms with E-state index in [1.165, 1.54) is 4.90 Å². The summed E-state index contributed by atoms with van der Waals surface area (Å²) in [4.78, 5) is 41.2. The third kappa shape index (κ3) is 13.5. The fourth-order valence-electron chi connectivity index (χ4n) is 3.25. The molecule has 0 spiro atoms. The predicted molar refractivity (Wildman–Crippen MR) is 133 cm³/mol. The number of aromatic nitrogens is 2. The number of hydrogen-bond donors (Lipinski definition) is 4. The summed E-state index contributed by atoms with van der Waals surface area (Å²) < 4.78 is 12.5. The van der Waals surface area contributed by atoms with E-state index in [0.29, 0.717) is 31.8 Å². The van der Waals surface area contributed by atoms with Gasteiger partial charge >= 0.3 is 17.9 Å². The lowest BCUT2D eigenvalue weighted by Crippen LogP contribution is -2.47. The van der Waals surface area contributed by atoms with Gasteiger partial charge in [-0.2, -0.15) is 0 Å². The lowest BCUT2D eigenvalue weighted by molar-refractivity contribution is -0.165. The smallest absolute Gasteiger partial charge is 0.320 e. The molecule has 1 heterocycles. The molecule has 0 amide bonds. The van der Waals surface area contributed by atoms with E-state index in [4.69, 9.17) is 20.3 Å². The molecule has 0 saturated heterocycles. The van der Waals surface area contributed by atoms with Crippen molar-refractivity contribution in [1.82, 2.24) is 19.8 Å². The Balaban J connectivity index is 2.72. The lowest BCUT2D eigenvalue weighted by atomic mass is 10.1. The van der Waals surface area contributed by atoms with Gasteiger partial charge in [-0.25, -0.2) is 4.98 Å². The van der Waals surface area contributed by atoms with Crippen LogP contribution in [0.25, 0.3) is 0 Å². The number of nitrogens with one attached hydrogen (secondary N) is 1. The highest BCUT2D eigenvalue weighted by Crippen LogP contribution is 2.12. The van der Waals surface area contributed by atoms with Gasteiger partial charge < -0.3 is 35.3 Å². The topological polar surface area (TPSA) is 169 Å². The van der Waals surface area contributed by atoms with Crippen molar-refractivity contribution in [3.63, 3.8) is 0 Å². The third-order valence-corrected chi connectivity index (χ3v) is 4.81. The largest absolute Gasteiger partial charge is 0.480 e. The SMILES string of the molecule is CC(C)(C)OC(=O)CN(CC(=O)OC(C)(C)C)C(O)Cn1ccnc1CNCCCC[C@H](N)C(=O)O. The quantitative estimate of drug-likeness (QED) is 0.149. The van der Waals surface area contributed by atoms with Crippen molar-refractivity contribution in [3.05, 3.63) is 18.2 Å². The zero-order valence-electron chi connectivity index (χ0n) is 22.3. The van der Waals surface area contributed by atoms with Crippen molar-refractivity contribution in [2.75, 3.05) is 19.6 Å². The molecule has 12 heteroatoms. The maximum absolute atomic E-state index is 12.4. The van der Waals surface area contributed by atoms with Gasteiger partial charge in [-0.05, 0) is 60.9 Å². The van der Waals surface area contributed by atoms with Crippen LogP contribution in [-0.2, 0) is 36.9 Å². The molecule has 36 heavy (non-hydrogen) atoms. The van der Waals surface area contributed by atoms with Crippen LogP contribution in [0.15, 0.2) is 12.4 Å². The molecule has 0 radical (unpaired) electrons. The predicted octanol–water partition coefficient (Wildman–Crippen LogP) is 0.859. The molecule has 0 aromatic carbocycles. The molecule has 5 N–H and O–H groups in total. The summed E-state index contributed by atoms with van der Waals surface area (Å²) in [5.74, 6) is -1.48. The van der Waals surface area contributed by atoms with Gasteiger partial charge in [0.1, 0.15) is 29.3 Å². The van der Waals surface area contributed by atoms with Crippen LogP contribution in [-0.4, -0.2) is 85.7 Å². The van der Waals surface area contributed by atoms with E-state index in [0.717, 1.165) is 6.42 Å². The molecule has 0 aliphatic rings. The molecular weight excluding hydrogens is 470 g/mol.